The molecule has 9 unspecified atom stereocenters. The molecule has 420 valence electrons. The van der Waals surface area contributed by atoms with Crippen LogP contribution >= 0.6 is 0 Å². The van der Waals surface area contributed by atoms with Gasteiger partial charge in [-0.1, -0.05) is 160 Å². The molecule has 18 rings (SSSR count). The number of hydrogen-bond donors (Lipinski definition) is 0. The maximum Gasteiger partial charge on any atom is 0.0518 e. The molecule has 0 saturated heterocycles. The molecule has 12 aromatic carbocycles. The zero-order valence-corrected chi connectivity index (χ0v) is 50.4. The number of anilines is 6. The monoisotopic (exact) mass is 1110 g/mol. The molecule has 3 aliphatic heterocycles. The van der Waals surface area contributed by atoms with Crippen molar-refractivity contribution in [3.05, 3.63) is 241 Å². The lowest BCUT2D eigenvalue weighted by Gasteiger charge is -2.41. The van der Waals surface area contributed by atoms with E-state index in [9.17, 15) is 0 Å². The molecule has 0 radical (unpaired) electrons. The molecule has 12 aromatic rings. The van der Waals surface area contributed by atoms with Gasteiger partial charge in [0.2, 0.25) is 0 Å². The number of nitrogens with zero attached hydrogens (tertiary/aromatic N) is 3. The van der Waals surface area contributed by atoms with Crippen LogP contribution in [0.4, 0.5) is 34.1 Å². The van der Waals surface area contributed by atoms with Gasteiger partial charge in [-0.3, -0.25) is 0 Å². The lowest BCUT2D eigenvalue weighted by molar-refractivity contribution is 0.355. The Hall–Kier alpha value is -8.66. The number of para-hydroxylation sites is 3. The van der Waals surface area contributed by atoms with Crippen LogP contribution in [0.2, 0.25) is 0 Å². The van der Waals surface area contributed by atoms with Crippen molar-refractivity contribution in [2.24, 2.45) is 17.8 Å². The lowest BCUT2D eigenvalue weighted by atomic mass is 9.79. The topological polar surface area (TPSA) is 9.72 Å². The maximum atomic E-state index is 2.72. The second-order valence-electron chi connectivity index (χ2n) is 27.6. The van der Waals surface area contributed by atoms with Gasteiger partial charge in [0.05, 0.1) is 16.6 Å². The van der Waals surface area contributed by atoms with Crippen LogP contribution in [0.15, 0.2) is 224 Å². The standard InChI is InChI=1S/C83H73N3/c1-50-29-39-73-70-45-54(32-42-76(70)84(81(50,73)4)57-21-10-7-11-22-57)66-48-67(55-33-43-77-71(46-55)74-40-30-51(2)82(74,5)85(77)58-23-12-8-13-24-58)63-37-38-65-69(61-28-18-20-53-19-16-17-27-60(53)61)49-68(64-36-35-62(66)79(63)80(64)65)56-34-44-78-72(47-56)75-41-31-52(3)83(75,6)86(78)59-25-14-9-15-26-59/h7-28,32-38,42-52,73-75H,29-31,39-41H2,1-6H3. The highest BCUT2D eigenvalue weighted by Crippen LogP contribution is 2.65. The average molecular weight is 1110 g/mol. The summed E-state index contributed by atoms with van der Waals surface area (Å²) in [5, 5.41) is 10.5. The summed E-state index contributed by atoms with van der Waals surface area (Å²) < 4.78 is 0. The molecule has 3 nitrogen and oxygen atoms in total. The first-order valence-electron chi connectivity index (χ1n) is 32.3. The van der Waals surface area contributed by atoms with Gasteiger partial charge < -0.3 is 14.7 Å². The van der Waals surface area contributed by atoms with Crippen LogP contribution < -0.4 is 14.7 Å². The Morgan fingerprint density at radius 3 is 1.02 bits per heavy atom. The van der Waals surface area contributed by atoms with Gasteiger partial charge in [-0.2, -0.15) is 0 Å². The largest absolute Gasteiger partial charge is 0.334 e. The van der Waals surface area contributed by atoms with E-state index >= 15 is 0 Å². The van der Waals surface area contributed by atoms with E-state index in [-0.39, 0.29) is 16.6 Å². The van der Waals surface area contributed by atoms with Crippen LogP contribution in [0, 0.1) is 17.8 Å². The van der Waals surface area contributed by atoms with Crippen molar-refractivity contribution >= 4 is 77.2 Å². The van der Waals surface area contributed by atoms with Crippen molar-refractivity contribution in [1.82, 2.24) is 0 Å². The predicted molar refractivity (Wildman–Crippen MR) is 364 cm³/mol. The van der Waals surface area contributed by atoms with Gasteiger partial charge in [0.25, 0.3) is 0 Å². The van der Waals surface area contributed by atoms with Gasteiger partial charge in [-0.05, 0) is 266 Å². The van der Waals surface area contributed by atoms with Crippen LogP contribution in [0.5, 0.6) is 0 Å². The smallest absolute Gasteiger partial charge is 0.0518 e. The van der Waals surface area contributed by atoms with E-state index in [1.807, 2.05) is 0 Å². The van der Waals surface area contributed by atoms with Gasteiger partial charge >= 0.3 is 0 Å². The van der Waals surface area contributed by atoms with Crippen LogP contribution in [-0.4, -0.2) is 16.6 Å². The minimum absolute atomic E-state index is 0.00999. The molecule has 3 saturated carbocycles. The summed E-state index contributed by atoms with van der Waals surface area (Å²) >= 11 is 0. The number of benzene rings is 12. The van der Waals surface area contributed by atoms with E-state index in [0.29, 0.717) is 35.5 Å². The van der Waals surface area contributed by atoms with Gasteiger partial charge in [-0.25, -0.2) is 0 Å². The summed E-state index contributed by atoms with van der Waals surface area (Å²) in [5.41, 5.74) is 22.8. The van der Waals surface area contributed by atoms with Crippen LogP contribution in [0.25, 0.3) is 87.6 Å². The third-order valence-corrected chi connectivity index (χ3v) is 24.1. The zero-order chi connectivity index (χ0) is 57.5. The molecule has 3 heterocycles. The van der Waals surface area contributed by atoms with E-state index in [4.69, 9.17) is 0 Å². The summed E-state index contributed by atoms with van der Waals surface area (Å²) in [4.78, 5) is 8.14. The van der Waals surface area contributed by atoms with E-state index in [1.165, 1.54) is 177 Å². The van der Waals surface area contributed by atoms with Gasteiger partial charge in [0.15, 0.2) is 0 Å². The third kappa shape index (κ3) is 6.64. The van der Waals surface area contributed by atoms with Crippen LogP contribution in [0.1, 0.15) is 115 Å². The molecule has 0 spiro atoms. The van der Waals surface area contributed by atoms with Gasteiger partial charge in [0.1, 0.15) is 0 Å². The minimum Gasteiger partial charge on any atom is -0.334 e. The quantitative estimate of drug-likeness (QED) is 0.147. The lowest BCUT2D eigenvalue weighted by Crippen LogP contribution is -2.45. The molecule has 0 N–H and O–H groups in total. The van der Waals surface area contributed by atoms with E-state index in [0.717, 1.165) is 0 Å². The predicted octanol–water partition coefficient (Wildman–Crippen LogP) is 22.7. The molecule has 3 aliphatic carbocycles. The van der Waals surface area contributed by atoms with Crippen LogP contribution in [0.3, 0.4) is 0 Å². The third-order valence-electron chi connectivity index (χ3n) is 24.1. The van der Waals surface area contributed by atoms with Crippen molar-refractivity contribution in [2.75, 3.05) is 14.7 Å². The fourth-order valence-electron chi connectivity index (χ4n) is 19.3. The Bertz CT molecular complexity index is 4610. The summed E-state index contributed by atoms with van der Waals surface area (Å²) in [6, 6.07) is 87.6. The first-order valence-corrected chi connectivity index (χ1v) is 32.3. The van der Waals surface area contributed by atoms with Crippen molar-refractivity contribution in [3.8, 4) is 44.5 Å². The first kappa shape index (κ1) is 50.6. The van der Waals surface area contributed by atoms with Crippen molar-refractivity contribution in [1.29, 1.82) is 0 Å². The van der Waals surface area contributed by atoms with Crippen LogP contribution in [-0.2, 0) is 0 Å². The average Bonchev–Trinajstić information content (AvgIpc) is 1.26. The van der Waals surface area contributed by atoms with Crippen molar-refractivity contribution < 1.29 is 0 Å². The van der Waals surface area contributed by atoms with Crippen molar-refractivity contribution in [2.45, 2.75) is 114 Å². The highest BCUT2D eigenvalue weighted by atomic mass is 15.3. The number of hydrogen-bond acceptors (Lipinski definition) is 3. The fourth-order valence-corrected chi connectivity index (χ4v) is 19.3. The minimum atomic E-state index is -0.0130. The Kier molecular flexibility index (Phi) is 10.7. The Morgan fingerprint density at radius 2 is 0.628 bits per heavy atom. The second kappa shape index (κ2) is 18.2. The first-order chi connectivity index (χ1) is 42.0. The van der Waals surface area contributed by atoms with E-state index in [1.54, 1.807) is 0 Å². The van der Waals surface area contributed by atoms with E-state index < -0.39 is 0 Å². The number of fused-ring (bicyclic) bond motifs is 10. The Morgan fingerprint density at radius 1 is 0.291 bits per heavy atom. The van der Waals surface area contributed by atoms with Gasteiger partial charge in [0, 0.05) is 51.9 Å². The Labute approximate surface area is 506 Å². The fraction of sp³-hybridized carbons (Fsp3) is 0.253. The second-order valence-corrected chi connectivity index (χ2v) is 27.6. The molecular weight excluding hydrogens is 1040 g/mol. The summed E-state index contributed by atoms with van der Waals surface area (Å²) in [5.74, 6) is 2.96. The SMILES string of the molecule is CC1CCC2c3cc(-c4cc(-c5ccc6c(c5)C5CCC(C)C5(C)N6c5ccccc5)c5ccc6c(-c7cccc8ccccc78)cc(-c7ccc8c(c7)C7CCC(C)C7(C)N8c7ccccc7)c7ccc4c5c76)ccc3N(c3ccccc3)C12C. The summed E-state index contributed by atoms with van der Waals surface area (Å²) in [6.07, 6.45) is 7.27. The normalized spacial score (nSPS) is 26.0. The summed E-state index contributed by atoms with van der Waals surface area (Å²) in [7, 11) is 0. The summed E-state index contributed by atoms with van der Waals surface area (Å²) in [6.45, 7) is 15.1. The van der Waals surface area contributed by atoms with Crippen molar-refractivity contribution in [3.63, 3.8) is 0 Å². The zero-order valence-electron chi connectivity index (χ0n) is 50.4. The molecule has 9 atom stereocenters. The highest BCUT2D eigenvalue weighted by Gasteiger charge is 2.58. The molecule has 0 bridgehead atoms. The Balaban J connectivity index is 0.917. The molecular formula is C83H73N3. The maximum absolute atomic E-state index is 2.72. The number of rotatable bonds is 7. The molecule has 6 aliphatic rings. The molecule has 3 heteroatoms. The van der Waals surface area contributed by atoms with E-state index in [2.05, 4.69) is 281 Å². The molecule has 0 aromatic heterocycles. The molecule has 86 heavy (non-hydrogen) atoms. The van der Waals surface area contributed by atoms with Gasteiger partial charge in [-0.15, -0.1) is 0 Å². The molecule has 3 fully saturated rings. The highest BCUT2D eigenvalue weighted by molar-refractivity contribution is 6.32. The molecule has 0 amide bonds.